The van der Waals surface area contributed by atoms with Gasteiger partial charge < -0.3 is 14.8 Å². The highest BCUT2D eigenvalue weighted by Gasteiger charge is 2.22. The summed E-state index contributed by atoms with van der Waals surface area (Å²) in [7, 11) is 4.26. The van der Waals surface area contributed by atoms with Gasteiger partial charge in [-0.2, -0.15) is 0 Å². The van der Waals surface area contributed by atoms with Crippen LogP contribution in [-0.2, 0) is 16.6 Å². The number of methoxy groups -OCH3 is 2. The molecule has 0 radical (unpaired) electrons. The van der Waals surface area contributed by atoms with Crippen molar-refractivity contribution in [1.29, 1.82) is 0 Å². The topological polar surface area (TPSA) is 67.9 Å². The number of nitrogens with zero attached hydrogens (tertiary/aromatic N) is 1. The lowest BCUT2D eigenvalue weighted by Gasteiger charge is -2.17. The standard InChI is InChI=1S/C12H20N2O4S/c1-13-8-9-6-10(19(15,16)14(2)3)7-11(17-4)12(9)18-5/h6-7,13H,8H2,1-5H3. The largest absolute Gasteiger partial charge is 0.493 e. The van der Waals surface area contributed by atoms with Gasteiger partial charge in [-0.3, -0.25) is 0 Å². The van der Waals surface area contributed by atoms with Gasteiger partial charge in [0.15, 0.2) is 11.5 Å². The summed E-state index contributed by atoms with van der Waals surface area (Å²) in [4.78, 5) is 0.181. The van der Waals surface area contributed by atoms with Gasteiger partial charge in [0.05, 0.1) is 19.1 Å². The van der Waals surface area contributed by atoms with Crippen molar-refractivity contribution in [3.63, 3.8) is 0 Å². The van der Waals surface area contributed by atoms with E-state index in [9.17, 15) is 8.42 Å². The van der Waals surface area contributed by atoms with Crippen molar-refractivity contribution in [1.82, 2.24) is 9.62 Å². The highest BCUT2D eigenvalue weighted by molar-refractivity contribution is 7.89. The maximum atomic E-state index is 12.2. The molecule has 108 valence electrons. The molecule has 0 unspecified atom stereocenters. The Morgan fingerprint density at radius 3 is 2.26 bits per heavy atom. The van der Waals surface area contributed by atoms with Gasteiger partial charge in [0.25, 0.3) is 0 Å². The predicted octanol–water partition coefficient (Wildman–Crippen LogP) is 0.673. The molecule has 0 spiro atoms. The van der Waals surface area contributed by atoms with Gasteiger partial charge in [0, 0.05) is 32.3 Å². The van der Waals surface area contributed by atoms with Gasteiger partial charge in [-0.15, -0.1) is 0 Å². The summed E-state index contributed by atoms with van der Waals surface area (Å²) in [5.74, 6) is 0.935. The number of hydrogen-bond acceptors (Lipinski definition) is 5. The van der Waals surface area contributed by atoms with Crippen molar-refractivity contribution in [2.45, 2.75) is 11.4 Å². The molecule has 0 fully saturated rings. The second-order valence-electron chi connectivity index (χ2n) is 4.14. The average molecular weight is 288 g/mol. The van der Waals surface area contributed by atoms with Crippen LogP contribution in [0.1, 0.15) is 5.56 Å². The molecule has 0 amide bonds. The first-order chi connectivity index (χ1) is 8.88. The Hall–Kier alpha value is -1.31. The highest BCUT2D eigenvalue weighted by Crippen LogP contribution is 2.34. The normalized spacial score (nSPS) is 11.7. The molecule has 0 aliphatic rings. The summed E-state index contributed by atoms with van der Waals surface area (Å²) in [6, 6.07) is 3.06. The molecule has 0 aliphatic heterocycles. The molecule has 1 N–H and O–H groups in total. The Labute approximate surface area is 114 Å². The Balaban J connectivity index is 3.49. The van der Waals surface area contributed by atoms with Crippen molar-refractivity contribution in [3.8, 4) is 11.5 Å². The minimum atomic E-state index is -3.51. The second-order valence-corrected chi connectivity index (χ2v) is 6.29. The van der Waals surface area contributed by atoms with Crippen LogP contribution in [0, 0.1) is 0 Å². The predicted molar refractivity (Wildman–Crippen MR) is 73.2 cm³/mol. The van der Waals surface area contributed by atoms with Gasteiger partial charge in [0.2, 0.25) is 10.0 Å². The fourth-order valence-electron chi connectivity index (χ4n) is 1.70. The smallest absolute Gasteiger partial charge is 0.242 e. The van der Waals surface area contributed by atoms with Crippen LogP contribution < -0.4 is 14.8 Å². The lowest BCUT2D eigenvalue weighted by atomic mass is 10.2. The quantitative estimate of drug-likeness (QED) is 0.833. The minimum absolute atomic E-state index is 0.181. The molecule has 19 heavy (non-hydrogen) atoms. The summed E-state index contributed by atoms with van der Waals surface area (Å²) >= 11 is 0. The minimum Gasteiger partial charge on any atom is -0.493 e. The van der Waals surface area contributed by atoms with E-state index < -0.39 is 10.0 Å². The summed E-state index contributed by atoms with van der Waals surface area (Å²) in [6.45, 7) is 0.482. The Morgan fingerprint density at radius 1 is 1.21 bits per heavy atom. The first-order valence-electron chi connectivity index (χ1n) is 5.70. The zero-order valence-electron chi connectivity index (χ0n) is 11.9. The number of rotatable bonds is 6. The third-order valence-corrected chi connectivity index (χ3v) is 4.47. The monoisotopic (exact) mass is 288 g/mol. The van der Waals surface area contributed by atoms with Gasteiger partial charge in [-0.1, -0.05) is 0 Å². The van der Waals surface area contributed by atoms with Gasteiger partial charge in [-0.25, -0.2) is 12.7 Å². The zero-order chi connectivity index (χ0) is 14.6. The van der Waals surface area contributed by atoms with E-state index in [1.54, 1.807) is 13.1 Å². The van der Waals surface area contributed by atoms with Crippen LogP contribution in [0.5, 0.6) is 11.5 Å². The molecule has 1 aromatic rings. The summed E-state index contributed by atoms with van der Waals surface area (Å²) in [6.07, 6.45) is 0. The Morgan fingerprint density at radius 2 is 1.84 bits per heavy atom. The maximum absolute atomic E-state index is 12.2. The van der Waals surface area contributed by atoms with Gasteiger partial charge >= 0.3 is 0 Å². The van der Waals surface area contributed by atoms with Crippen LogP contribution in [0.2, 0.25) is 0 Å². The van der Waals surface area contributed by atoms with Crippen LogP contribution in [0.15, 0.2) is 17.0 Å². The van der Waals surface area contributed by atoms with E-state index in [1.165, 1.54) is 34.4 Å². The third-order valence-electron chi connectivity index (χ3n) is 2.68. The molecule has 1 rings (SSSR count). The summed E-state index contributed by atoms with van der Waals surface area (Å²) in [5, 5.41) is 2.97. The van der Waals surface area contributed by atoms with E-state index in [2.05, 4.69) is 5.32 Å². The van der Waals surface area contributed by atoms with Crippen LogP contribution in [-0.4, -0.2) is 48.1 Å². The molecule has 0 heterocycles. The van der Waals surface area contributed by atoms with Crippen LogP contribution in [0.25, 0.3) is 0 Å². The van der Waals surface area contributed by atoms with Crippen molar-refractivity contribution in [2.24, 2.45) is 0 Å². The lowest BCUT2D eigenvalue weighted by Crippen LogP contribution is -2.22. The SMILES string of the molecule is CNCc1cc(S(=O)(=O)N(C)C)cc(OC)c1OC. The molecular weight excluding hydrogens is 268 g/mol. The van der Waals surface area contributed by atoms with E-state index in [1.807, 2.05) is 0 Å². The fraction of sp³-hybridized carbons (Fsp3) is 0.500. The highest BCUT2D eigenvalue weighted by atomic mass is 32.2. The molecule has 1 aromatic carbocycles. The van der Waals surface area contributed by atoms with E-state index in [4.69, 9.17) is 9.47 Å². The zero-order valence-corrected chi connectivity index (χ0v) is 12.7. The summed E-state index contributed by atoms with van der Waals surface area (Å²) in [5.41, 5.74) is 0.727. The first kappa shape index (κ1) is 15.7. The van der Waals surface area contributed by atoms with Crippen molar-refractivity contribution >= 4 is 10.0 Å². The molecule has 0 aromatic heterocycles. The Bertz CT molecular complexity index is 541. The summed E-state index contributed by atoms with van der Waals surface area (Å²) < 4.78 is 36.0. The van der Waals surface area contributed by atoms with Crippen LogP contribution in [0.4, 0.5) is 0 Å². The van der Waals surface area contributed by atoms with Crippen LogP contribution >= 0.6 is 0 Å². The molecule has 0 saturated carbocycles. The molecule has 6 nitrogen and oxygen atoms in total. The second kappa shape index (κ2) is 6.23. The van der Waals surface area contributed by atoms with Crippen molar-refractivity contribution < 1.29 is 17.9 Å². The third kappa shape index (κ3) is 3.17. The van der Waals surface area contributed by atoms with Gasteiger partial charge in [0.1, 0.15) is 0 Å². The number of benzene rings is 1. The van der Waals surface area contributed by atoms with Gasteiger partial charge in [-0.05, 0) is 13.1 Å². The van der Waals surface area contributed by atoms with Crippen molar-refractivity contribution in [2.75, 3.05) is 35.4 Å². The number of ether oxygens (including phenoxy) is 2. The van der Waals surface area contributed by atoms with E-state index in [0.717, 1.165) is 9.87 Å². The Kier molecular flexibility index (Phi) is 5.16. The molecule has 0 bridgehead atoms. The number of sulfonamides is 1. The number of nitrogens with one attached hydrogen (secondary N) is 1. The van der Waals surface area contributed by atoms with Crippen LogP contribution in [0.3, 0.4) is 0 Å². The van der Waals surface area contributed by atoms with E-state index in [-0.39, 0.29) is 4.90 Å². The first-order valence-corrected chi connectivity index (χ1v) is 7.14. The van der Waals surface area contributed by atoms with E-state index >= 15 is 0 Å². The molecule has 0 saturated heterocycles. The molecule has 7 heteroatoms. The molecule has 0 atom stereocenters. The fourth-order valence-corrected chi connectivity index (χ4v) is 2.67. The van der Waals surface area contributed by atoms with Crippen molar-refractivity contribution in [3.05, 3.63) is 17.7 Å². The number of hydrogen-bond donors (Lipinski definition) is 1. The lowest BCUT2D eigenvalue weighted by molar-refractivity contribution is 0.349. The molecule has 0 aliphatic carbocycles. The van der Waals surface area contributed by atoms with E-state index in [0.29, 0.717) is 18.0 Å². The molecular formula is C12H20N2O4S. The average Bonchev–Trinajstić information content (AvgIpc) is 2.37. The maximum Gasteiger partial charge on any atom is 0.242 e.